The molecule has 0 unspecified atom stereocenters. The number of ether oxygens (including phenoxy) is 2. The van der Waals surface area contributed by atoms with Crippen LogP contribution in [0.3, 0.4) is 0 Å². The molecule has 2 aliphatic rings. The fourth-order valence-corrected chi connectivity index (χ4v) is 6.72. The van der Waals surface area contributed by atoms with Gasteiger partial charge in [-0.15, -0.1) is 11.8 Å². The summed E-state index contributed by atoms with van der Waals surface area (Å²) >= 11 is 2.98. The molecular weight excluding hydrogens is 520 g/mol. The van der Waals surface area contributed by atoms with E-state index in [4.69, 9.17) is 9.47 Å². The molecule has 2 heterocycles. The molecule has 0 aliphatic carbocycles. The Hall–Kier alpha value is -3.69. The molecule has 1 fully saturated rings. The van der Waals surface area contributed by atoms with E-state index in [1.54, 1.807) is 19.2 Å². The molecule has 2 amide bonds. The first-order valence-electron chi connectivity index (χ1n) is 12.1. The lowest BCUT2D eigenvalue weighted by molar-refractivity contribution is -0.153. The Morgan fingerprint density at radius 2 is 1.66 bits per heavy atom. The average molecular weight is 547 g/mol. The van der Waals surface area contributed by atoms with Gasteiger partial charge in [-0.1, -0.05) is 72.4 Å². The quantitative estimate of drug-likeness (QED) is 0.315. The molecule has 0 bridgehead atoms. The Morgan fingerprint density at radius 3 is 2.34 bits per heavy atom. The zero-order chi connectivity index (χ0) is 26.5. The van der Waals surface area contributed by atoms with Crippen LogP contribution in [0, 0.1) is 0 Å². The molecule has 3 aromatic carbocycles. The largest absolute Gasteiger partial charge is 0.497 e. The van der Waals surface area contributed by atoms with Crippen molar-refractivity contribution in [1.29, 1.82) is 0 Å². The van der Waals surface area contributed by atoms with Crippen LogP contribution in [0.5, 0.6) is 5.75 Å². The number of benzene rings is 3. The minimum atomic E-state index is -0.691. The summed E-state index contributed by atoms with van der Waals surface area (Å²) in [6.07, 6.45) is 0.184. The summed E-state index contributed by atoms with van der Waals surface area (Å²) in [5, 5.41) is 2.49. The average Bonchev–Trinajstić information content (AvgIpc) is 2.95. The molecule has 7 nitrogen and oxygen atoms in total. The highest BCUT2D eigenvalue weighted by atomic mass is 32.2. The standard InChI is InChI=1S/C29H26N2O5S2/c1-35-21-14-12-20(13-15-21)17-36-29(34)26-23(38-22-10-6-3-7-11-22)18-37-28-25(27(33)31(26)28)30-24(32)16-19-8-4-2-5-9-19/h2-15,25,28H,16-18H2,1H3,(H,30,32)/t25-,28-/m1/s1. The number of β-lactam (4-membered cyclic amide) rings is 1. The van der Waals surface area contributed by atoms with E-state index in [0.717, 1.165) is 20.9 Å². The minimum absolute atomic E-state index is 0.0622. The summed E-state index contributed by atoms with van der Waals surface area (Å²) in [5.74, 6) is 0.125. The number of thioether (sulfide) groups is 2. The van der Waals surface area contributed by atoms with Crippen LogP contribution in [0.25, 0.3) is 0 Å². The third-order valence-electron chi connectivity index (χ3n) is 6.16. The Bertz CT molecular complexity index is 1350. The highest BCUT2D eigenvalue weighted by molar-refractivity contribution is 8.06. The van der Waals surface area contributed by atoms with Crippen LogP contribution >= 0.6 is 23.5 Å². The molecule has 2 aliphatic heterocycles. The van der Waals surface area contributed by atoms with Crippen molar-refractivity contribution in [2.75, 3.05) is 12.9 Å². The maximum absolute atomic E-state index is 13.4. The van der Waals surface area contributed by atoms with Crippen molar-refractivity contribution in [3.05, 3.63) is 107 Å². The summed E-state index contributed by atoms with van der Waals surface area (Å²) in [4.78, 5) is 42.5. The fraction of sp³-hybridized carbons (Fsp3) is 0.207. The van der Waals surface area contributed by atoms with Gasteiger partial charge in [0.05, 0.1) is 13.5 Å². The maximum atomic E-state index is 13.4. The number of nitrogens with zero attached hydrogens (tertiary/aromatic N) is 1. The number of nitrogens with one attached hydrogen (secondary N) is 1. The van der Waals surface area contributed by atoms with E-state index in [2.05, 4.69) is 5.32 Å². The summed E-state index contributed by atoms with van der Waals surface area (Å²) in [7, 11) is 1.59. The number of carbonyl (C=O) groups is 3. The number of fused-ring (bicyclic) bond motifs is 1. The molecule has 1 N–H and O–H groups in total. The zero-order valence-corrected chi connectivity index (χ0v) is 22.3. The van der Waals surface area contributed by atoms with Crippen molar-refractivity contribution in [3.63, 3.8) is 0 Å². The second kappa shape index (κ2) is 11.8. The lowest BCUT2D eigenvalue weighted by Crippen LogP contribution is -2.70. The number of hydrogen-bond acceptors (Lipinski definition) is 7. The maximum Gasteiger partial charge on any atom is 0.356 e. The molecular formula is C29H26N2O5S2. The van der Waals surface area contributed by atoms with E-state index in [-0.39, 0.29) is 35.9 Å². The zero-order valence-electron chi connectivity index (χ0n) is 20.7. The monoisotopic (exact) mass is 546 g/mol. The summed E-state index contributed by atoms with van der Waals surface area (Å²) in [6, 6.07) is 25.6. The first kappa shape index (κ1) is 25.9. The molecule has 1 saturated heterocycles. The van der Waals surface area contributed by atoms with E-state index < -0.39 is 12.0 Å². The number of rotatable bonds is 9. The van der Waals surface area contributed by atoms with Gasteiger partial charge in [0.2, 0.25) is 5.91 Å². The topological polar surface area (TPSA) is 84.9 Å². The molecule has 0 saturated carbocycles. The van der Waals surface area contributed by atoms with Crippen molar-refractivity contribution < 1.29 is 23.9 Å². The van der Waals surface area contributed by atoms with Gasteiger partial charge in [0.25, 0.3) is 5.91 Å². The second-order valence-corrected chi connectivity index (χ2v) is 11.0. The van der Waals surface area contributed by atoms with E-state index >= 15 is 0 Å². The molecule has 9 heteroatoms. The Labute approximate surface area is 229 Å². The van der Waals surface area contributed by atoms with E-state index in [9.17, 15) is 14.4 Å². The van der Waals surface area contributed by atoms with Crippen LogP contribution in [-0.2, 0) is 32.1 Å². The van der Waals surface area contributed by atoms with Gasteiger partial charge in [-0.25, -0.2) is 4.79 Å². The smallest absolute Gasteiger partial charge is 0.356 e. The Morgan fingerprint density at radius 1 is 0.974 bits per heavy atom. The number of hydrogen-bond donors (Lipinski definition) is 1. The molecule has 5 rings (SSSR count). The summed E-state index contributed by atoms with van der Waals surface area (Å²) in [6.45, 7) is 0.0622. The second-order valence-electron chi connectivity index (χ2n) is 8.73. The lowest BCUT2D eigenvalue weighted by atomic mass is 10.0. The van der Waals surface area contributed by atoms with Crippen molar-refractivity contribution in [1.82, 2.24) is 10.2 Å². The van der Waals surface area contributed by atoms with Crippen LogP contribution < -0.4 is 10.1 Å². The van der Waals surface area contributed by atoms with Gasteiger partial charge in [0.15, 0.2) is 0 Å². The minimum Gasteiger partial charge on any atom is -0.497 e. The fourth-order valence-electron chi connectivity index (χ4n) is 4.23. The van der Waals surface area contributed by atoms with Crippen molar-refractivity contribution in [3.8, 4) is 5.75 Å². The van der Waals surface area contributed by atoms with Crippen LogP contribution in [0.1, 0.15) is 11.1 Å². The van der Waals surface area contributed by atoms with Gasteiger partial charge < -0.3 is 14.8 Å². The van der Waals surface area contributed by atoms with Crippen molar-refractivity contribution >= 4 is 41.3 Å². The first-order chi connectivity index (χ1) is 18.5. The van der Waals surface area contributed by atoms with Gasteiger partial charge in [-0.2, -0.15) is 0 Å². The van der Waals surface area contributed by atoms with Crippen LogP contribution in [-0.4, -0.2) is 47.0 Å². The van der Waals surface area contributed by atoms with Gasteiger partial charge >= 0.3 is 5.97 Å². The van der Waals surface area contributed by atoms with Crippen LogP contribution in [0.2, 0.25) is 0 Å². The van der Waals surface area contributed by atoms with E-state index in [1.807, 2.05) is 72.8 Å². The number of amides is 2. The van der Waals surface area contributed by atoms with Crippen molar-refractivity contribution in [2.45, 2.75) is 29.3 Å². The van der Waals surface area contributed by atoms with Crippen LogP contribution in [0.15, 0.2) is 100 Å². The SMILES string of the molecule is COc1ccc(COC(=O)C2=C(Sc3ccccc3)CS[C@@H]3[C@H](NC(=O)Cc4ccccc4)C(=O)N23)cc1. The highest BCUT2D eigenvalue weighted by Gasteiger charge is 2.54. The van der Waals surface area contributed by atoms with Gasteiger partial charge in [-0.05, 0) is 35.4 Å². The molecule has 2 atom stereocenters. The normalized spacial score (nSPS) is 18.3. The third-order valence-corrected chi connectivity index (χ3v) is 8.72. The first-order valence-corrected chi connectivity index (χ1v) is 13.9. The lowest BCUT2D eigenvalue weighted by Gasteiger charge is -2.49. The predicted octanol–water partition coefficient (Wildman–Crippen LogP) is 4.38. The molecule has 0 spiro atoms. The highest BCUT2D eigenvalue weighted by Crippen LogP contribution is 2.45. The van der Waals surface area contributed by atoms with Gasteiger partial charge in [0.1, 0.15) is 29.5 Å². The number of esters is 1. The number of carbonyl (C=O) groups excluding carboxylic acids is 3. The van der Waals surface area contributed by atoms with Crippen molar-refractivity contribution in [2.24, 2.45) is 0 Å². The number of methoxy groups -OCH3 is 1. The summed E-state index contributed by atoms with van der Waals surface area (Å²) < 4.78 is 10.8. The Balaban J connectivity index is 1.32. The van der Waals surface area contributed by atoms with E-state index in [1.165, 1.54) is 28.4 Å². The van der Waals surface area contributed by atoms with E-state index in [0.29, 0.717) is 11.5 Å². The molecule has 3 aromatic rings. The predicted molar refractivity (Wildman–Crippen MR) is 147 cm³/mol. The molecule has 38 heavy (non-hydrogen) atoms. The van der Waals surface area contributed by atoms with Gasteiger partial charge in [0, 0.05) is 15.6 Å². The Kier molecular flexibility index (Phi) is 8.05. The molecule has 194 valence electrons. The molecule has 0 aromatic heterocycles. The third kappa shape index (κ3) is 5.74. The molecule has 0 radical (unpaired) electrons. The van der Waals surface area contributed by atoms with Crippen LogP contribution in [0.4, 0.5) is 0 Å². The summed E-state index contributed by atoms with van der Waals surface area (Å²) in [5.41, 5.74) is 1.92. The van der Waals surface area contributed by atoms with Gasteiger partial charge in [-0.3, -0.25) is 14.5 Å².